The predicted octanol–water partition coefficient (Wildman–Crippen LogP) is 0.592. The first kappa shape index (κ1) is 11.6. The molecule has 68 valence electrons. The third-order valence-corrected chi connectivity index (χ3v) is 6.04. The summed E-state index contributed by atoms with van der Waals surface area (Å²) in [4.78, 5) is 0. The molecule has 0 atom stereocenters. The Balaban J connectivity index is 3.84. The summed E-state index contributed by atoms with van der Waals surface area (Å²) in [5.41, 5.74) is 5.36. The van der Waals surface area contributed by atoms with Crippen LogP contribution in [-0.4, -0.2) is 27.9 Å². The fraction of sp³-hybridized carbons (Fsp3) is 1.00. The quantitative estimate of drug-likeness (QED) is 0.636. The Hall–Kier alpha value is 0.554. The van der Waals surface area contributed by atoms with Gasteiger partial charge in [-0.1, -0.05) is 0 Å². The molecule has 0 saturated heterocycles. The van der Waals surface area contributed by atoms with Crippen molar-refractivity contribution in [3.05, 3.63) is 0 Å². The van der Waals surface area contributed by atoms with E-state index in [1.165, 1.54) is 0 Å². The molecule has 0 radical (unpaired) electrons. The molecule has 0 bridgehead atoms. The van der Waals surface area contributed by atoms with E-state index in [9.17, 15) is 0 Å². The van der Waals surface area contributed by atoms with Crippen molar-refractivity contribution >= 4 is 0 Å². The summed E-state index contributed by atoms with van der Waals surface area (Å²) in [5.74, 6) is 0. The van der Waals surface area contributed by atoms with Gasteiger partial charge >= 0.3 is 72.5 Å². The minimum absolute atomic E-state index is 0.656. The average molecular weight is 199 g/mol. The van der Waals surface area contributed by atoms with Gasteiger partial charge in [0.05, 0.1) is 0 Å². The summed E-state index contributed by atoms with van der Waals surface area (Å²) in [7, 11) is 4.89. The summed E-state index contributed by atoms with van der Waals surface area (Å²) < 4.78 is 16.5. The fourth-order valence-corrected chi connectivity index (χ4v) is 3.61. The molecule has 0 aromatic rings. The van der Waals surface area contributed by atoms with Crippen molar-refractivity contribution in [2.24, 2.45) is 5.73 Å². The maximum absolute atomic E-state index is 5.36. The number of hydrogen-bond donors (Lipinski definition) is 1. The van der Waals surface area contributed by atoms with E-state index < -0.39 is 17.8 Å². The van der Waals surface area contributed by atoms with Crippen molar-refractivity contribution in [3.63, 3.8) is 0 Å². The molecule has 0 spiro atoms. The molecular weight excluding hydrogens is 182 g/mol. The Morgan fingerprint density at radius 3 is 1.82 bits per heavy atom. The van der Waals surface area contributed by atoms with Gasteiger partial charge in [0, 0.05) is 0 Å². The van der Waals surface area contributed by atoms with Gasteiger partial charge in [-0.05, 0) is 0 Å². The number of hydrogen-bond acceptors (Lipinski definition) is 4. The summed E-state index contributed by atoms with van der Waals surface area (Å²) >= 11 is -2.81. The Kier molecular flexibility index (Phi) is 6.42. The second-order valence-electron chi connectivity index (χ2n) is 2.19. The first-order chi connectivity index (χ1) is 5.24. The molecule has 0 saturated carbocycles. The van der Waals surface area contributed by atoms with Gasteiger partial charge < -0.3 is 0 Å². The van der Waals surface area contributed by atoms with Crippen LogP contribution in [0.4, 0.5) is 0 Å². The predicted molar refractivity (Wildman–Crippen MR) is 39.5 cm³/mol. The molecule has 0 rings (SSSR count). The molecule has 0 amide bonds. The molecule has 0 aliphatic carbocycles. The van der Waals surface area contributed by atoms with E-state index in [4.69, 9.17) is 15.7 Å². The third-order valence-electron chi connectivity index (χ3n) is 1.62. The van der Waals surface area contributed by atoms with Crippen molar-refractivity contribution in [2.45, 2.75) is 11.1 Å². The van der Waals surface area contributed by atoms with E-state index in [1.54, 1.807) is 21.3 Å². The van der Waals surface area contributed by atoms with Crippen LogP contribution in [0, 0.1) is 0 Å². The van der Waals surface area contributed by atoms with E-state index >= 15 is 0 Å². The maximum atomic E-state index is 5.36. The fourth-order valence-electron chi connectivity index (χ4n) is 0.875. The normalized spacial score (nSPS) is 12.0. The van der Waals surface area contributed by atoms with Crippen molar-refractivity contribution in [1.82, 2.24) is 0 Å². The summed E-state index contributed by atoms with van der Waals surface area (Å²) in [6.45, 7) is 0.656. The molecule has 0 heterocycles. The van der Waals surface area contributed by atoms with Crippen LogP contribution in [0.15, 0.2) is 0 Å². The van der Waals surface area contributed by atoms with E-state index in [0.29, 0.717) is 6.54 Å². The Morgan fingerprint density at radius 1 is 1.09 bits per heavy atom. The van der Waals surface area contributed by atoms with Crippen molar-refractivity contribution < 1.29 is 27.7 Å². The monoisotopic (exact) mass is 199 g/mol. The van der Waals surface area contributed by atoms with Gasteiger partial charge in [0.25, 0.3) is 0 Å². The zero-order chi connectivity index (χ0) is 8.74. The van der Waals surface area contributed by atoms with Gasteiger partial charge in [-0.25, -0.2) is 0 Å². The summed E-state index contributed by atoms with van der Waals surface area (Å²) in [6.07, 6.45) is 0.898. The van der Waals surface area contributed by atoms with Gasteiger partial charge in [-0.15, -0.1) is 0 Å². The molecule has 0 aromatic carbocycles. The molecular formula is C6H17NO3Ti. The molecule has 0 unspecified atom stereocenters. The van der Waals surface area contributed by atoms with Crippen LogP contribution in [0.1, 0.15) is 6.42 Å². The molecule has 4 nitrogen and oxygen atoms in total. The van der Waals surface area contributed by atoms with Crippen LogP contribution in [0.5, 0.6) is 0 Å². The minimum atomic E-state index is -2.81. The topological polar surface area (TPSA) is 53.7 Å². The van der Waals surface area contributed by atoms with Gasteiger partial charge in [0.2, 0.25) is 0 Å². The van der Waals surface area contributed by atoms with E-state index in [-0.39, 0.29) is 0 Å². The summed E-state index contributed by atoms with van der Waals surface area (Å²) in [5, 5.41) is 0. The van der Waals surface area contributed by atoms with Crippen molar-refractivity contribution in [2.75, 3.05) is 27.9 Å². The van der Waals surface area contributed by atoms with E-state index in [0.717, 1.165) is 11.1 Å². The Bertz CT molecular complexity index is 89.6. The van der Waals surface area contributed by atoms with Crippen molar-refractivity contribution in [1.29, 1.82) is 0 Å². The van der Waals surface area contributed by atoms with Gasteiger partial charge in [0.15, 0.2) is 0 Å². The molecule has 11 heavy (non-hydrogen) atoms. The molecule has 2 N–H and O–H groups in total. The van der Waals surface area contributed by atoms with Crippen molar-refractivity contribution in [3.8, 4) is 0 Å². The zero-order valence-corrected chi connectivity index (χ0v) is 8.98. The van der Waals surface area contributed by atoms with E-state index in [1.807, 2.05) is 0 Å². The Morgan fingerprint density at radius 2 is 1.55 bits per heavy atom. The molecule has 0 fully saturated rings. The second kappa shape index (κ2) is 6.11. The van der Waals surface area contributed by atoms with Crippen LogP contribution in [0.25, 0.3) is 0 Å². The van der Waals surface area contributed by atoms with Crippen LogP contribution >= 0.6 is 0 Å². The SMILES string of the molecule is C[O][Ti]([CH2]CCN)([O]C)[O]C. The van der Waals surface area contributed by atoms with Gasteiger partial charge in [0.1, 0.15) is 0 Å². The van der Waals surface area contributed by atoms with Crippen LogP contribution in [-0.2, 0) is 27.7 Å². The van der Waals surface area contributed by atoms with Crippen LogP contribution in [0.3, 0.4) is 0 Å². The first-order valence-corrected chi connectivity index (χ1v) is 6.62. The molecule has 5 heteroatoms. The summed E-state index contributed by atoms with van der Waals surface area (Å²) in [6, 6.07) is 0. The number of rotatable bonds is 6. The van der Waals surface area contributed by atoms with Crippen LogP contribution in [0.2, 0.25) is 4.73 Å². The first-order valence-electron chi connectivity index (χ1n) is 3.60. The Labute approximate surface area is 72.8 Å². The molecule has 0 aliphatic heterocycles. The number of nitrogens with two attached hydrogens (primary N) is 1. The van der Waals surface area contributed by atoms with Crippen LogP contribution < -0.4 is 5.73 Å². The molecule has 0 aliphatic rings. The standard InChI is InChI=1S/C3H8N.3CH3O.Ti/c1-2-3-4;3*1-2;/h1-4H2;3*1H3;/q;3*-1;+3. The van der Waals surface area contributed by atoms with E-state index in [2.05, 4.69) is 0 Å². The third kappa shape index (κ3) is 3.65. The van der Waals surface area contributed by atoms with Gasteiger partial charge in [-0.2, -0.15) is 0 Å². The second-order valence-corrected chi connectivity index (χ2v) is 7.01. The average Bonchev–Trinajstić information content (AvgIpc) is 2.08. The van der Waals surface area contributed by atoms with Gasteiger partial charge in [-0.3, -0.25) is 0 Å². The molecule has 0 aromatic heterocycles. The zero-order valence-electron chi connectivity index (χ0n) is 7.42.